The quantitative estimate of drug-likeness (QED) is 0.761. The fourth-order valence-corrected chi connectivity index (χ4v) is 3.64. The smallest absolute Gasteiger partial charge is 0.250 e. The predicted molar refractivity (Wildman–Crippen MR) is 104 cm³/mol. The number of hydrogen-bond donors (Lipinski definition) is 1. The van der Waals surface area contributed by atoms with E-state index in [0.29, 0.717) is 48.8 Å². The Labute approximate surface area is 155 Å². The molecule has 1 aliphatic rings. The number of carbonyl (C=O) groups is 1. The van der Waals surface area contributed by atoms with Crippen LogP contribution in [0.5, 0.6) is 0 Å². The Balaban J connectivity index is 0.000000948. The molecule has 3 aromatic heterocycles. The van der Waals surface area contributed by atoms with E-state index in [2.05, 4.69) is 14.9 Å². The minimum absolute atomic E-state index is 0.462. The van der Waals surface area contributed by atoms with Gasteiger partial charge in [0.05, 0.1) is 24.2 Å². The number of primary amides is 1. The van der Waals surface area contributed by atoms with Gasteiger partial charge >= 0.3 is 0 Å². The average Bonchev–Trinajstić information content (AvgIpc) is 3.14. The summed E-state index contributed by atoms with van der Waals surface area (Å²) in [6, 6.07) is 5.61. The van der Waals surface area contributed by atoms with Crippen molar-refractivity contribution in [1.82, 2.24) is 15.0 Å². The third-order valence-electron chi connectivity index (χ3n) is 3.88. The molecule has 0 aromatic carbocycles. The number of amides is 1. The van der Waals surface area contributed by atoms with Gasteiger partial charge in [-0.1, -0.05) is 19.9 Å². The number of rotatable bonds is 3. The number of nitrogens with two attached hydrogens (primary N) is 1. The summed E-state index contributed by atoms with van der Waals surface area (Å²) in [4.78, 5) is 28.2. The maximum absolute atomic E-state index is 11.8. The van der Waals surface area contributed by atoms with Crippen LogP contribution in [0.15, 0.2) is 29.8 Å². The van der Waals surface area contributed by atoms with Gasteiger partial charge in [0.15, 0.2) is 5.82 Å². The van der Waals surface area contributed by atoms with E-state index in [1.54, 1.807) is 11.6 Å². The van der Waals surface area contributed by atoms with Crippen molar-refractivity contribution in [3.8, 4) is 11.5 Å². The van der Waals surface area contributed by atoms with Crippen LogP contribution in [0.4, 0.5) is 5.82 Å². The van der Waals surface area contributed by atoms with E-state index in [-0.39, 0.29) is 0 Å². The Morgan fingerprint density at radius 1 is 1.23 bits per heavy atom. The molecule has 4 rings (SSSR count). The van der Waals surface area contributed by atoms with E-state index in [4.69, 9.17) is 15.5 Å². The highest BCUT2D eigenvalue weighted by Gasteiger charge is 2.23. The minimum Gasteiger partial charge on any atom is -0.378 e. The Kier molecular flexibility index (Phi) is 5.75. The molecule has 0 unspecified atom stereocenters. The second kappa shape index (κ2) is 8.20. The number of anilines is 1. The zero-order chi connectivity index (χ0) is 18.5. The van der Waals surface area contributed by atoms with Gasteiger partial charge in [-0.25, -0.2) is 9.97 Å². The second-order valence-electron chi connectivity index (χ2n) is 5.38. The van der Waals surface area contributed by atoms with Crippen LogP contribution in [0.2, 0.25) is 0 Å². The van der Waals surface area contributed by atoms with Gasteiger partial charge in [-0.15, -0.1) is 11.3 Å². The highest BCUT2D eigenvalue weighted by molar-refractivity contribution is 7.17. The number of hydrogen-bond acceptors (Lipinski definition) is 7. The first-order valence-corrected chi connectivity index (χ1v) is 9.45. The zero-order valence-electron chi connectivity index (χ0n) is 14.8. The largest absolute Gasteiger partial charge is 0.378 e. The number of nitrogens with zero attached hydrogens (tertiary/aromatic N) is 4. The van der Waals surface area contributed by atoms with Crippen molar-refractivity contribution >= 4 is 33.3 Å². The highest BCUT2D eigenvalue weighted by Crippen LogP contribution is 2.34. The molecule has 26 heavy (non-hydrogen) atoms. The Morgan fingerprint density at radius 2 is 2.00 bits per heavy atom. The number of pyridine rings is 1. The summed E-state index contributed by atoms with van der Waals surface area (Å²) in [5.74, 6) is 0.798. The molecule has 3 aromatic rings. The number of morpholine rings is 1. The minimum atomic E-state index is -0.468. The van der Waals surface area contributed by atoms with Crippen LogP contribution in [-0.2, 0) is 4.74 Å². The number of aromatic nitrogens is 3. The summed E-state index contributed by atoms with van der Waals surface area (Å²) >= 11 is 1.39. The van der Waals surface area contributed by atoms with Crippen LogP contribution in [0, 0.1) is 0 Å². The van der Waals surface area contributed by atoms with E-state index >= 15 is 0 Å². The van der Waals surface area contributed by atoms with E-state index in [0.717, 1.165) is 10.6 Å². The lowest BCUT2D eigenvalue weighted by Crippen LogP contribution is -2.37. The first-order chi connectivity index (χ1) is 12.7. The van der Waals surface area contributed by atoms with Crippen LogP contribution in [0.1, 0.15) is 24.2 Å². The zero-order valence-corrected chi connectivity index (χ0v) is 15.6. The monoisotopic (exact) mass is 371 g/mol. The fourth-order valence-electron chi connectivity index (χ4n) is 2.72. The molecule has 136 valence electrons. The van der Waals surface area contributed by atoms with Gasteiger partial charge in [-0.2, -0.15) is 0 Å². The van der Waals surface area contributed by atoms with Crippen molar-refractivity contribution in [2.75, 3.05) is 31.2 Å². The van der Waals surface area contributed by atoms with Gasteiger partial charge < -0.3 is 15.4 Å². The third kappa shape index (κ3) is 3.51. The van der Waals surface area contributed by atoms with Gasteiger partial charge in [-0.05, 0) is 12.1 Å². The molecule has 1 saturated heterocycles. The molecule has 0 bridgehead atoms. The number of ether oxygens (including phenoxy) is 1. The Bertz CT molecular complexity index is 891. The molecule has 0 saturated carbocycles. The van der Waals surface area contributed by atoms with Crippen LogP contribution in [0.25, 0.3) is 21.7 Å². The topological polar surface area (TPSA) is 94.2 Å². The van der Waals surface area contributed by atoms with Gasteiger partial charge in [0.1, 0.15) is 16.3 Å². The third-order valence-corrected chi connectivity index (χ3v) is 4.76. The lowest BCUT2D eigenvalue weighted by atomic mass is 10.2. The molecule has 0 atom stereocenters. The maximum Gasteiger partial charge on any atom is 0.250 e. The van der Waals surface area contributed by atoms with Crippen molar-refractivity contribution in [3.05, 3.63) is 35.3 Å². The van der Waals surface area contributed by atoms with Gasteiger partial charge in [-0.3, -0.25) is 9.78 Å². The summed E-state index contributed by atoms with van der Waals surface area (Å²) in [5.41, 5.74) is 6.69. The molecule has 1 aliphatic heterocycles. The molecular weight excluding hydrogens is 350 g/mol. The van der Waals surface area contributed by atoms with Crippen LogP contribution in [-0.4, -0.2) is 47.2 Å². The van der Waals surface area contributed by atoms with Crippen molar-refractivity contribution in [2.45, 2.75) is 13.8 Å². The van der Waals surface area contributed by atoms with E-state index in [1.807, 2.05) is 32.0 Å². The second-order valence-corrected chi connectivity index (χ2v) is 6.24. The van der Waals surface area contributed by atoms with E-state index in [9.17, 15) is 4.79 Å². The maximum atomic E-state index is 11.8. The van der Waals surface area contributed by atoms with E-state index < -0.39 is 5.91 Å². The lowest BCUT2D eigenvalue weighted by molar-refractivity contribution is 0.100. The van der Waals surface area contributed by atoms with Gasteiger partial charge in [0.2, 0.25) is 5.91 Å². The molecule has 4 heterocycles. The molecule has 7 nitrogen and oxygen atoms in total. The summed E-state index contributed by atoms with van der Waals surface area (Å²) < 4.78 is 5.42. The molecule has 8 heteroatoms. The van der Waals surface area contributed by atoms with E-state index in [1.165, 1.54) is 11.3 Å². The fraction of sp³-hybridized carbons (Fsp3) is 0.333. The standard InChI is InChI=1S/C16H15N5O2S.C2H6/c17-13(22)10-9-24-16-12(10)15(21-5-7-23-8-6-21)19-14(20-16)11-3-1-2-4-18-11;1-2/h1-4,9H,5-8H2,(H2,17,22);1-2H3. The first-order valence-electron chi connectivity index (χ1n) is 8.57. The van der Waals surface area contributed by atoms with Crippen LogP contribution in [0.3, 0.4) is 0 Å². The van der Waals surface area contributed by atoms with Crippen molar-refractivity contribution in [2.24, 2.45) is 5.73 Å². The van der Waals surface area contributed by atoms with Gasteiger partial charge in [0, 0.05) is 24.7 Å². The Morgan fingerprint density at radius 3 is 2.65 bits per heavy atom. The number of fused-ring (bicyclic) bond motifs is 1. The normalized spacial score (nSPS) is 14.0. The molecular formula is C18H21N5O2S. The molecule has 1 amide bonds. The summed E-state index contributed by atoms with van der Waals surface area (Å²) in [6.07, 6.45) is 1.71. The highest BCUT2D eigenvalue weighted by atomic mass is 32.1. The molecule has 1 fully saturated rings. The Hall–Kier alpha value is -2.58. The van der Waals surface area contributed by atoms with Crippen molar-refractivity contribution in [3.63, 3.8) is 0 Å². The average molecular weight is 371 g/mol. The van der Waals surface area contributed by atoms with Crippen molar-refractivity contribution < 1.29 is 9.53 Å². The lowest BCUT2D eigenvalue weighted by Gasteiger charge is -2.28. The van der Waals surface area contributed by atoms with Gasteiger partial charge in [0.25, 0.3) is 0 Å². The molecule has 0 spiro atoms. The summed E-state index contributed by atoms with van der Waals surface area (Å²) in [6.45, 7) is 6.67. The number of thiophene rings is 1. The molecule has 0 radical (unpaired) electrons. The molecule has 0 aliphatic carbocycles. The van der Waals surface area contributed by atoms with Crippen LogP contribution < -0.4 is 10.6 Å². The summed E-state index contributed by atoms with van der Waals surface area (Å²) in [5, 5.41) is 2.46. The van der Waals surface area contributed by atoms with Crippen LogP contribution >= 0.6 is 11.3 Å². The summed E-state index contributed by atoms with van der Waals surface area (Å²) in [7, 11) is 0. The number of carbonyl (C=O) groups excluding carboxylic acids is 1. The SMILES string of the molecule is CC.NC(=O)c1csc2nc(-c3ccccn3)nc(N3CCOCC3)c12. The van der Waals surface area contributed by atoms with Crippen molar-refractivity contribution in [1.29, 1.82) is 0 Å². The molecule has 2 N–H and O–H groups in total. The predicted octanol–water partition coefficient (Wildman–Crippen LogP) is 2.72. The first kappa shape index (κ1) is 18.2.